The van der Waals surface area contributed by atoms with Crippen molar-refractivity contribution in [2.24, 2.45) is 7.05 Å². The number of carbonyl (C=O) groups excluding carboxylic acids is 1. The predicted molar refractivity (Wildman–Crippen MR) is 93.9 cm³/mol. The maximum Gasteiger partial charge on any atom is 0.223 e. The number of likely N-dealkylation sites (tertiary alicyclic amines) is 2. The van der Waals surface area contributed by atoms with Gasteiger partial charge < -0.3 is 9.32 Å². The molecule has 2 aliphatic rings. The standard InChI is InChI=1S/C19H26N4O2/c1-3-23-18(24)10-17(16-11-20-21(2)13-16)19(23)5-7-22(8-6-19)12-15-4-9-25-14-15/h4,9,11,13-14,17H,3,5-8,10,12H2,1-2H3. The Morgan fingerprint density at radius 2 is 2.16 bits per heavy atom. The van der Waals surface area contributed by atoms with Crippen LogP contribution in [-0.4, -0.2) is 50.7 Å². The fourth-order valence-electron chi connectivity index (χ4n) is 4.81. The van der Waals surface area contributed by atoms with Crippen molar-refractivity contribution >= 4 is 5.91 Å². The van der Waals surface area contributed by atoms with Crippen molar-refractivity contribution in [2.45, 2.75) is 44.2 Å². The van der Waals surface area contributed by atoms with Crippen LogP contribution in [0.1, 0.15) is 43.2 Å². The Balaban J connectivity index is 1.55. The van der Waals surface area contributed by atoms with E-state index >= 15 is 0 Å². The number of amides is 1. The average molecular weight is 342 g/mol. The van der Waals surface area contributed by atoms with Crippen LogP contribution in [0.2, 0.25) is 0 Å². The van der Waals surface area contributed by atoms with Gasteiger partial charge in [-0.05, 0) is 31.4 Å². The first-order valence-corrected chi connectivity index (χ1v) is 9.15. The smallest absolute Gasteiger partial charge is 0.223 e. The van der Waals surface area contributed by atoms with Crippen molar-refractivity contribution < 1.29 is 9.21 Å². The highest BCUT2D eigenvalue weighted by molar-refractivity contribution is 5.81. The second kappa shape index (κ2) is 6.33. The lowest BCUT2D eigenvalue weighted by Crippen LogP contribution is -2.55. The Bertz CT molecular complexity index is 728. The largest absolute Gasteiger partial charge is 0.472 e. The molecule has 1 atom stereocenters. The van der Waals surface area contributed by atoms with Gasteiger partial charge in [0.05, 0.1) is 24.3 Å². The summed E-state index contributed by atoms with van der Waals surface area (Å²) in [6, 6.07) is 2.03. The van der Waals surface area contributed by atoms with Crippen LogP contribution in [0.4, 0.5) is 0 Å². The van der Waals surface area contributed by atoms with E-state index in [2.05, 4.69) is 28.0 Å². The number of piperidine rings is 1. The van der Waals surface area contributed by atoms with Crippen molar-refractivity contribution in [3.63, 3.8) is 0 Å². The third kappa shape index (κ3) is 2.78. The van der Waals surface area contributed by atoms with E-state index in [1.165, 1.54) is 11.1 Å². The maximum absolute atomic E-state index is 12.7. The lowest BCUT2D eigenvalue weighted by Gasteiger charge is -2.47. The molecule has 25 heavy (non-hydrogen) atoms. The lowest BCUT2D eigenvalue weighted by molar-refractivity contribution is -0.132. The zero-order chi connectivity index (χ0) is 17.4. The normalized spacial score (nSPS) is 23.7. The lowest BCUT2D eigenvalue weighted by atomic mass is 9.74. The number of hydrogen-bond acceptors (Lipinski definition) is 4. The molecule has 0 N–H and O–H groups in total. The van der Waals surface area contributed by atoms with Gasteiger partial charge in [0.15, 0.2) is 0 Å². The molecule has 4 heterocycles. The second-order valence-corrected chi connectivity index (χ2v) is 7.35. The van der Waals surface area contributed by atoms with Crippen molar-refractivity contribution in [1.82, 2.24) is 19.6 Å². The number of aromatic nitrogens is 2. The molecular formula is C19H26N4O2. The van der Waals surface area contributed by atoms with E-state index in [9.17, 15) is 4.79 Å². The quantitative estimate of drug-likeness (QED) is 0.856. The molecule has 0 aliphatic carbocycles. The summed E-state index contributed by atoms with van der Waals surface area (Å²) >= 11 is 0. The molecular weight excluding hydrogens is 316 g/mol. The molecule has 2 aromatic rings. The van der Waals surface area contributed by atoms with Gasteiger partial charge in [0.2, 0.25) is 5.91 Å². The first kappa shape index (κ1) is 16.4. The molecule has 1 amide bonds. The van der Waals surface area contributed by atoms with Crippen molar-refractivity contribution in [3.05, 3.63) is 42.1 Å². The third-order valence-corrected chi connectivity index (χ3v) is 6.02. The number of rotatable bonds is 4. The predicted octanol–water partition coefficient (Wildman–Crippen LogP) is 2.38. The van der Waals surface area contributed by atoms with Crippen LogP contribution >= 0.6 is 0 Å². The van der Waals surface area contributed by atoms with Gasteiger partial charge in [0.25, 0.3) is 0 Å². The Morgan fingerprint density at radius 1 is 1.36 bits per heavy atom. The third-order valence-electron chi connectivity index (χ3n) is 6.02. The SMILES string of the molecule is CCN1C(=O)CC(c2cnn(C)c2)C12CCN(Cc1ccoc1)CC2. The number of likely N-dealkylation sites (N-methyl/N-ethyl adjacent to an activating group) is 1. The molecule has 0 aromatic carbocycles. The molecule has 134 valence electrons. The van der Waals surface area contributed by atoms with Crippen LogP contribution in [-0.2, 0) is 18.4 Å². The number of furan rings is 1. The molecule has 6 nitrogen and oxygen atoms in total. The minimum atomic E-state index is -0.0538. The summed E-state index contributed by atoms with van der Waals surface area (Å²) < 4.78 is 7.03. The minimum Gasteiger partial charge on any atom is -0.472 e. The first-order valence-electron chi connectivity index (χ1n) is 9.15. The molecule has 2 saturated heterocycles. The van der Waals surface area contributed by atoms with Gasteiger partial charge in [-0.1, -0.05) is 0 Å². The molecule has 2 fully saturated rings. The van der Waals surface area contributed by atoms with Crippen LogP contribution in [0, 0.1) is 0 Å². The summed E-state index contributed by atoms with van der Waals surface area (Å²) in [5.74, 6) is 0.546. The van der Waals surface area contributed by atoms with E-state index < -0.39 is 0 Å². The second-order valence-electron chi connectivity index (χ2n) is 7.35. The molecule has 0 saturated carbocycles. The Hall–Kier alpha value is -2.08. The van der Waals surface area contributed by atoms with E-state index in [0.29, 0.717) is 12.3 Å². The van der Waals surface area contributed by atoms with E-state index in [4.69, 9.17) is 4.42 Å². The fraction of sp³-hybridized carbons (Fsp3) is 0.579. The monoisotopic (exact) mass is 342 g/mol. The summed E-state index contributed by atoms with van der Waals surface area (Å²) in [6.07, 6.45) is 10.2. The van der Waals surface area contributed by atoms with Gasteiger partial charge in [-0.25, -0.2) is 0 Å². The van der Waals surface area contributed by atoms with Crippen LogP contribution in [0.3, 0.4) is 0 Å². The molecule has 2 aromatic heterocycles. The van der Waals surface area contributed by atoms with Crippen molar-refractivity contribution in [3.8, 4) is 0 Å². The molecule has 0 bridgehead atoms. The molecule has 1 unspecified atom stereocenters. The van der Waals surface area contributed by atoms with Gasteiger partial charge in [-0.15, -0.1) is 0 Å². The van der Waals surface area contributed by atoms with Crippen molar-refractivity contribution in [1.29, 1.82) is 0 Å². The van der Waals surface area contributed by atoms with Crippen LogP contribution < -0.4 is 0 Å². The Kier molecular flexibility index (Phi) is 4.15. The Labute approximate surface area is 148 Å². The highest BCUT2D eigenvalue weighted by atomic mass is 16.3. The minimum absolute atomic E-state index is 0.0538. The molecule has 0 radical (unpaired) electrons. The Morgan fingerprint density at radius 3 is 2.76 bits per heavy atom. The van der Waals surface area contributed by atoms with E-state index in [0.717, 1.165) is 39.0 Å². The summed E-state index contributed by atoms with van der Waals surface area (Å²) in [7, 11) is 1.94. The zero-order valence-corrected chi connectivity index (χ0v) is 15.0. The van der Waals surface area contributed by atoms with Gasteiger partial charge in [-0.2, -0.15) is 5.10 Å². The molecule has 2 aliphatic heterocycles. The number of nitrogens with zero attached hydrogens (tertiary/aromatic N) is 4. The highest BCUT2D eigenvalue weighted by Crippen LogP contribution is 2.48. The van der Waals surface area contributed by atoms with E-state index in [-0.39, 0.29) is 11.5 Å². The topological polar surface area (TPSA) is 54.5 Å². The van der Waals surface area contributed by atoms with Crippen LogP contribution in [0.25, 0.3) is 0 Å². The summed E-state index contributed by atoms with van der Waals surface area (Å²) in [4.78, 5) is 17.3. The molecule has 1 spiro atoms. The number of carbonyl (C=O) groups is 1. The maximum atomic E-state index is 12.7. The molecule has 6 heteroatoms. The fourth-order valence-corrected chi connectivity index (χ4v) is 4.81. The van der Waals surface area contributed by atoms with E-state index in [1.54, 1.807) is 6.26 Å². The summed E-state index contributed by atoms with van der Waals surface area (Å²) in [5.41, 5.74) is 2.37. The number of aryl methyl sites for hydroxylation is 1. The zero-order valence-electron chi connectivity index (χ0n) is 15.0. The van der Waals surface area contributed by atoms with Crippen LogP contribution in [0.5, 0.6) is 0 Å². The summed E-state index contributed by atoms with van der Waals surface area (Å²) in [6.45, 7) is 5.82. The van der Waals surface area contributed by atoms with Crippen molar-refractivity contribution in [2.75, 3.05) is 19.6 Å². The average Bonchev–Trinajstić information content (AvgIpc) is 3.31. The number of hydrogen-bond donors (Lipinski definition) is 0. The van der Waals surface area contributed by atoms with Gasteiger partial charge in [0.1, 0.15) is 0 Å². The van der Waals surface area contributed by atoms with Gasteiger partial charge in [-0.3, -0.25) is 14.4 Å². The van der Waals surface area contributed by atoms with Gasteiger partial charge in [0, 0.05) is 57.3 Å². The highest BCUT2D eigenvalue weighted by Gasteiger charge is 2.53. The van der Waals surface area contributed by atoms with E-state index in [1.807, 2.05) is 30.3 Å². The molecule has 4 rings (SSSR count). The first-order chi connectivity index (χ1) is 12.1. The summed E-state index contributed by atoms with van der Waals surface area (Å²) in [5, 5.41) is 4.35. The van der Waals surface area contributed by atoms with Gasteiger partial charge >= 0.3 is 0 Å². The van der Waals surface area contributed by atoms with Crippen LogP contribution in [0.15, 0.2) is 35.4 Å².